The lowest BCUT2D eigenvalue weighted by Gasteiger charge is -2.27. The Balaban J connectivity index is 1.39. The summed E-state index contributed by atoms with van der Waals surface area (Å²) in [6, 6.07) is 6.51. The minimum atomic E-state index is 0.0941. The van der Waals surface area contributed by atoms with E-state index < -0.39 is 0 Å². The van der Waals surface area contributed by atoms with Crippen molar-refractivity contribution in [1.29, 1.82) is 0 Å². The monoisotopic (exact) mass is 519 g/mol. The number of carbonyl (C=O) groups is 1. The number of H-pyrrole nitrogens is 2. The van der Waals surface area contributed by atoms with Gasteiger partial charge in [-0.25, -0.2) is 9.97 Å². The normalized spacial score (nSPS) is 14.8. The molecule has 1 atom stereocenters. The molecule has 4 rings (SSSR count). The first kappa shape index (κ1) is 28.0. The molecule has 0 saturated carbocycles. The van der Waals surface area contributed by atoms with Crippen molar-refractivity contribution in [3.05, 3.63) is 71.3 Å². The highest BCUT2D eigenvalue weighted by molar-refractivity contribution is 5.96. The van der Waals surface area contributed by atoms with E-state index in [2.05, 4.69) is 73.6 Å². The number of aromatic amines is 2. The second-order valence-corrected chi connectivity index (χ2v) is 10.5. The number of aromatic nitrogens is 4. The number of imidazole rings is 2. The van der Waals surface area contributed by atoms with Crippen LogP contribution in [0.15, 0.2) is 43.0 Å². The molecular formula is C30H45N7O. The minimum Gasteiger partial charge on any atom is -0.348 e. The van der Waals surface area contributed by atoms with Gasteiger partial charge in [0.1, 0.15) is 11.6 Å². The predicted molar refractivity (Wildman–Crippen MR) is 152 cm³/mol. The van der Waals surface area contributed by atoms with Gasteiger partial charge in [0, 0.05) is 50.0 Å². The summed E-state index contributed by atoms with van der Waals surface area (Å²) in [7, 11) is 0. The molecule has 3 aromatic rings. The van der Waals surface area contributed by atoms with Gasteiger partial charge >= 0.3 is 0 Å². The maximum atomic E-state index is 13.5. The smallest absolute Gasteiger partial charge is 0.254 e. The number of hydrogen-bond acceptors (Lipinski definition) is 5. The molecule has 0 fully saturated rings. The second-order valence-electron chi connectivity index (χ2n) is 10.5. The third-order valence-electron chi connectivity index (χ3n) is 7.55. The van der Waals surface area contributed by atoms with Crippen LogP contribution in [-0.4, -0.2) is 73.3 Å². The molecule has 8 nitrogen and oxygen atoms in total. The molecule has 0 saturated heterocycles. The maximum absolute atomic E-state index is 13.5. The lowest BCUT2D eigenvalue weighted by Crippen LogP contribution is -2.33. The fourth-order valence-corrected chi connectivity index (χ4v) is 5.53. The minimum absolute atomic E-state index is 0.0941. The molecule has 0 spiro atoms. The maximum Gasteiger partial charge on any atom is 0.254 e. The molecule has 2 N–H and O–H groups in total. The number of fused-ring (bicyclic) bond motifs is 1. The van der Waals surface area contributed by atoms with Crippen molar-refractivity contribution < 1.29 is 4.79 Å². The van der Waals surface area contributed by atoms with Gasteiger partial charge in [-0.2, -0.15) is 0 Å². The summed E-state index contributed by atoms with van der Waals surface area (Å²) in [4.78, 5) is 35.9. The van der Waals surface area contributed by atoms with E-state index in [9.17, 15) is 4.79 Å². The molecule has 3 heterocycles. The lowest BCUT2D eigenvalue weighted by molar-refractivity contribution is 0.0756. The predicted octanol–water partition coefficient (Wildman–Crippen LogP) is 5.19. The average molecular weight is 520 g/mol. The highest BCUT2D eigenvalue weighted by atomic mass is 16.2. The summed E-state index contributed by atoms with van der Waals surface area (Å²) >= 11 is 0. The molecule has 0 bridgehead atoms. The van der Waals surface area contributed by atoms with E-state index in [0.717, 1.165) is 69.1 Å². The molecule has 1 amide bonds. The molecule has 1 aromatic carbocycles. The number of hydrogen-bond donors (Lipinski definition) is 2. The van der Waals surface area contributed by atoms with E-state index in [1.165, 1.54) is 37.1 Å². The quantitative estimate of drug-likeness (QED) is 0.270. The first-order valence-electron chi connectivity index (χ1n) is 14.4. The Hall–Kier alpha value is -2.97. The molecule has 38 heavy (non-hydrogen) atoms. The molecular weight excluding hydrogens is 474 g/mol. The first-order valence-corrected chi connectivity index (χ1v) is 14.4. The van der Waals surface area contributed by atoms with Gasteiger partial charge < -0.3 is 19.8 Å². The van der Waals surface area contributed by atoms with Crippen LogP contribution < -0.4 is 0 Å². The van der Waals surface area contributed by atoms with Crippen molar-refractivity contribution in [3.8, 4) is 0 Å². The van der Waals surface area contributed by atoms with Gasteiger partial charge in [0.15, 0.2) is 0 Å². The van der Waals surface area contributed by atoms with E-state index in [1.807, 2.05) is 12.4 Å². The van der Waals surface area contributed by atoms with Crippen molar-refractivity contribution in [1.82, 2.24) is 34.6 Å². The summed E-state index contributed by atoms with van der Waals surface area (Å²) < 4.78 is 0. The summed E-state index contributed by atoms with van der Waals surface area (Å²) in [5.41, 5.74) is 3.26. The number of aryl methyl sites for hydroxylation is 1. The van der Waals surface area contributed by atoms with Crippen LogP contribution in [0.2, 0.25) is 0 Å². The van der Waals surface area contributed by atoms with E-state index in [1.54, 1.807) is 12.4 Å². The molecule has 2 aromatic heterocycles. The van der Waals surface area contributed by atoms with Crippen molar-refractivity contribution in [2.24, 2.45) is 0 Å². The zero-order valence-corrected chi connectivity index (χ0v) is 23.5. The van der Waals surface area contributed by atoms with Crippen LogP contribution in [0.5, 0.6) is 0 Å². The zero-order valence-electron chi connectivity index (χ0n) is 23.5. The van der Waals surface area contributed by atoms with Crippen molar-refractivity contribution in [2.45, 2.75) is 78.4 Å². The zero-order chi connectivity index (χ0) is 26.7. The second kappa shape index (κ2) is 14.3. The number of carbonyl (C=O) groups excluding carboxylic acids is 1. The van der Waals surface area contributed by atoms with Crippen LogP contribution in [0.25, 0.3) is 0 Å². The van der Waals surface area contributed by atoms with E-state index in [0.29, 0.717) is 6.54 Å². The summed E-state index contributed by atoms with van der Waals surface area (Å²) in [6.07, 6.45) is 13.9. The Morgan fingerprint density at radius 3 is 2.50 bits per heavy atom. The Kier molecular flexibility index (Phi) is 10.5. The van der Waals surface area contributed by atoms with Gasteiger partial charge in [0.05, 0.1) is 12.6 Å². The van der Waals surface area contributed by atoms with Crippen LogP contribution in [0.3, 0.4) is 0 Å². The Bertz CT molecular complexity index is 1090. The third kappa shape index (κ3) is 7.54. The Labute approximate surface area is 227 Å². The fraction of sp³-hybridized carbons (Fsp3) is 0.567. The van der Waals surface area contributed by atoms with Gasteiger partial charge in [-0.15, -0.1) is 0 Å². The van der Waals surface area contributed by atoms with Gasteiger partial charge in [-0.3, -0.25) is 9.69 Å². The molecule has 0 radical (unpaired) electrons. The lowest BCUT2D eigenvalue weighted by atomic mass is 10.00. The van der Waals surface area contributed by atoms with Gasteiger partial charge in [0.2, 0.25) is 0 Å². The number of unbranched alkanes of at least 4 members (excludes halogenated alkanes) is 1. The van der Waals surface area contributed by atoms with Gasteiger partial charge in [0.25, 0.3) is 5.91 Å². The number of benzene rings is 1. The standard InChI is InChI=1S/C30H45N7O/c1-4-16-35(17-5-2)18-6-7-19-36-20-8-9-26-21-25(10-11-27(26)30(36)38)22-37(23-28-31-12-13-32-28)24(3)29-33-14-15-34-29/h10-15,21,24H,4-9,16-20,22-23H2,1-3H3,(H,31,32)(H,33,34). The van der Waals surface area contributed by atoms with Gasteiger partial charge in [-0.05, 0) is 82.3 Å². The fourth-order valence-electron chi connectivity index (χ4n) is 5.53. The number of amides is 1. The van der Waals surface area contributed by atoms with Crippen LogP contribution in [-0.2, 0) is 19.5 Å². The first-order chi connectivity index (χ1) is 18.6. The molecule has 206 valence electrons. The molecule has 1 aliphatic heterocycles. The van der Waals surface area contributed by atoms with Gasteiger partial charge in [-0.1, -0.05) is 26.0 Å². The number of rotatable bonds is 15. The summed E-state index contributed by atoms with van der Waals surface area (Å²) in [5.74, 6) is 2.06. The largest absolute Gasteiger partial charge is 0.348 e. The third-order valence-corrected chi connectivity index (χ3v) is 7.55. The van der Waals surface area contributed by atoms with Crippen molar-refractivity contribution >= 4 is 5.91 Å². The van der Waals surface area contributed by atoms with Crippen LogP contribution >= 0.6 is 0 Å². The van der Waals surface area contributed by atoms with E-state index in [-0.39, 0.29) is 11.9 Å². The Morgan fingerprint density at radius 2 is 1.79 bits per heavy atom. The van der Waals surface area contributed by atoms with Crippen LogP contribution in [0.1, 0.15) is 92.1 Å². The topological polar surface area (TPSA) is 84.2 Å². The number of nitrogens with one attached hydrogen (secondary N) is 2. The number of nitrogens with zero attached hydrogens (tertiary/aromatic N) is 5. The highest BCUT2D eigenvalue weighted by Gasteiger charge is 2.24. The average Bonchev–Trinajstić information content (AvgIpc) is 3.62. The van der Waals surface area contributed by atoms with Crippen LogP contribution in [0.4, 0.5) is 0 Å². The molecule has 0 aliphatic carbocycles. The summed E-state index contributed by atoms with van der Waals surface area (Å²) in [6.45, 7) is 13.3. The van der Waals surface area contributed by atoms with E-state index in [4.69, 9.17) is 0 Å². The molecule has 1 aliphatic rings. The van der Waals surface area contributed by atoms with Crippen molar-refractivity contribution in [2.75, 3.05) is 32.7 Å². The highest BCUT2D eigenvalue weighted by Crippen LogP contribution is 2.25. The molecule has 1 unspecified atom stereocenters. The van der Waals surface area contributed by atoms with E-state index >= 15 is 0 Å². The SMILES string of the molecule is CCCN(CCC)CCCCN1CCCc2cc(CN(Cc3ncc[nH]3)C(C)c3ncc[nH]3)ccc2C1=O. The summed E-state index contributed by atoms with van der Waals surface area (Å²) in [5, 5.41) is 0. The van der Waals surface area contributed by atoms with Crippen LogP contribution in [0, 0.1) is 0 Å². The van der Waals surface area contributed by atoms with Crippen molar-refractivity contribution in [3.63, 3.8) is 0 Å². The Morgan fingerprint density at radius 1 is 1.00 bits per heavy atom. The molecule has 8 heteroatoms.